The monoisotopic (exact) mass is 282 g/mol. The Kier molecular flexibility index (Phi) is 3.36. The molecule has 0 aliphatic carbocycles. The number of hydrogen-bond acceptors (Lipinski definition) is 3. The van der Waals surface area contributed by atoms with E-state index in [0.717, 1.165) is 16.9 Å². The number of oxazole rings is 1. The molecule has 1 aromatic heterocycles. The van der Waals surface area contributed by atoms with E-state index in [9.17, 15) is 5.11 Å². The first-order valence-electron chi connectivity index (χ1n) is 6.62. The molecule has 4 nitrogen and oxygen atoms in total. The zero-order valence-corrected chi connectivity index (χ0v) is 11.9. The molecule has 2 aromatic carbocycles. The molecule has 0 saturated carbocycles. The maximum absolute atomic E-state index is 10.1. The van der Waals surface area contributed by atoms with Gasteiger partial charge in [0.2, 0.25) is 0 Å². The van der Waals surface area contributed by atoms with Gasteiger partial charge in [-0.1, -0.05) is 18.2 Å². The molecule has 0 aliphatic rings. The molecular formula is C17H16NO3+. The molecule has 0 aliphatic heterocycles. The van der Waals surface area contributed by atoms with Gasteiger partial charge >= 0.3 is 11.8 Å². The molecule has 0 unspecified atom stereocenters. The minimum absolute atomic E-state index is 0.0958. The van der Waals surface area contributed by atoms with Gasteiger partial charge in [0.1, 0.15) is 12.8 Å². The van der Waals surface area contributed by atoms with Gasteiger partial charge in [-0.15, -0.1) is 0 Å². The van der Waals surface area contributed by atoms with Crippen LogP contribution in [0.15, 0.2) is 59.0 Å². The summed E-state index contributed by atoms with van der Waals surface area (Å²) in [6, 6.07) is 17.2. The van der Waals surface area contributed by atoms with Crippen LogP contribution in [0.4, 0.5) is 0 Å². The van der Waals surface area contributed by atoms with E-state index in [0.29, 0.717) is 11.6 Å². The summed E-state index contributed by atoms with van der Waals surface area (Å²) in [5, 5.41) is 10.1. The fourth-order valence-electron chi connectivity index (χ4n) is 2.35. The molecule has 106 valence electrons. The first-order valence-corrected chi connectivity index (χ1v) is 6.62. The van der Waals surface area contributed by atoms with E-state index >= 15 is 0 Å². The van der Waals surface area contributed by atoms with E-state index in [-0.39, 0.29) is 5.95 Å². The third-order valence-electron chi connectivity index (χ3n) is 3.42. The van der Waals surface area contributed by atoms with E-state index in [1.807, 2.05) is 66.2 Å². The Morgan fingerprint density at radius 2 is 1.62 bits per heavy atom. The van der Waals surface area contributed by atoms with Crippen LogP contribution >= 0.6 is 0 Å². The summed E-state index contributed by atoms with van der Waals surface area (Å²) in [6.07, 6.45) is 0. The molecule has 0 spiro atoms. The predicted molar refractivity (Wildman–Crippen MR) is 79.0 cm³/mol. The Bertz CT molecular complexity index is 746. The highest BCUT2D eigenvalue weighted by Crippen LogP contribution is 2.32. The zero-order chi connectivity index (χ0) is 14.8. The van der Waals surface area contributed by atoms with E-state index in [1.165, 1.54) is 0 Å². The summed E-state index contributed by atoms with van der Waals surface area (Å²) >= 11 is 0. The van der Waals surface area contributed by atoms with Crippen molar-refractivity contribution in [2.45, 2.75) is 0 Å². The van der Waals surface area contributed by atoms with Crippen LogP contribution in [0.2, 0.25) is 0 Å². The van der Waals surface area contributed by atoms with Crippen molar-refractivity contribution in [3.63, 3.8) is 0 Å². The van der Waals surface area contributed by atoms with Gasteiger partial charge in [-0.05, 0) is 36.4 Å². The topological polar surface area (TPSA) is 46.5 Å². The average molecular weight is 282 g/mol. The van der Waals surface area contributed by atoms with Crippen LogP contribution in [-0.2, 0) is 7.05 Å². The van der Waals surface area contributed by atoms with Crippen LogP contribution in [0.1, 0.15) is 0 Å². The van der Waals surface area contributed by atoms with E-state index in [2.05, 4.69) is 0 Å². The first kappa shape index (κ1) is 13.2. The lowest BCUT2D eigenvalue weighted by Gasteiger charge is -1.99. The lowest BCUT2D eigenvalue weighted by Crippen LogP contribution is -2.30. The smallest absolute Gasteiger partial charge is 0.383 e. The lowest BCUT2D eigenvalue weighted by atomic mass is 10.1. The number of nitrogens with zero attached hydrogens (tertiary/aromatic N) is 1. The summed E-state index contributed by atoms with van der Waals surface area (Å²) < 4.78 is 12.5. The highest BCUT2D eigenvalue weighted by atomic mass is 16.5. The lowest BCUT2D eigenvalue weighted by molar-refractivity contribution is -0.652. The molecule has 0 fully saturated rings. The largest absolute Gasteiger partial charge is 0.497 e. The summed E-state index contributed by atoms with van der Waals surface area (Å²) in [6.45, 7) is 0. The van der Waals surface area contributed by atoms with Crippen molar-refractivity contribution in [1.29, 1.82) is 0 Å². The Hall–Kier alpha value is -2.75. The predicted octanol–water partition coefficient (Wildman–Crippen LogP) is 3.15. The number of methoxy groups -OCH3 is 1. The normalized spacial score (nSPS) is 10.6. The zero-order valence-electron chi connectivity index (χ0n) is 11.9. The van der Waals surface area contributed by atoms with E-state index < -0.39 is 0 Å². The van der Waals surface area contributed by atoms with Gasteiger partial charge in [-0.2, -0.15) is 4.57 Å². The van der Waals surface area contributed by atoms with Crippen LogP contribution in [0.25, 0.3) is 22.7 Å². The Morgan fingerprint density at radius 3 is 2.24 bits per heavy atom. The fraction of sp³-hybridized carbons (Fsp3) is 0.118. The molecule has 21 heavy (non-hydrogen) atoms. The summed E-state index contributed by atoms with van der Waals surface area (Å²) in [7, 11) is 3.49. The molecule has 0 amide bonds. The maximum atomic E-state index is 10.1. The van der Waals surface area contributed by atoms with Gasteiger partial charge < -0.3 is 14.3 Å². The van der Waals surface area contributed by atoms with Crippen molar-refractivity contribution in [3.05, 3.63) is 54.6 Å². The number of benzene rings is 2. The second-order valence-electron chi connectivity index (χ2n) is 4.71. The van der Waals surface area contributed by atoms with Crippen LogP contribution in [0.3, 0.4) is 0 Å². The molecule has 0 saturated heterocycles. The highest BCUT2D eigenvalue weighted by molar-refractivity contribution is 5.63. The van der Waals surface area contributed by atoms with Gasteiger partial charge in [-0.25, -0.2) is 0 Å². The quantitative estimate of drug-likeness (QED) is 0.751. The number of aromatic nitrogens is 1. The molecule has 1 N–H and O–H groups in total. The SMILES string of the molecule is COc1ccc(-c2c(O)oc(-c3ccccc3)[n+]2C)cc1. The summed E-state index contributed by atoms with van der Waals surface area (Å²) in [5.41, 5.74) is 2.41. The number of ether oxygens (including phenoxy) is 1. The van der Waals surface area contributed by atoms with Gasteiger partial charge in [0.05, 0.1) is 18.2 Å². The fourth-order valence-corrected chi connectivity index (χ4v) is 2.35. The molecule has 0 radical (unpaired) electrons. The second-order valence-corrected chi connectivity index (χ2v) is 4.71. The average Bonchev–Trinajstić information content (AvgIpc) is 2.83. The maximum Gasteiger partial charge on any atom is 0.383 e. The van der Waals surface area contributed by atoms with Gasteiger partial charge in [-0.3, -0.25) is 0 Å². The van der Waals surface area contributed by atoms with Crippen molar-refractivity contribution in [2.75, 3.05) is 7.11 Å². The molecule has 3 rings (SSSR count). The summed E-state index contributed by atoms with van der Waals surface area (Å²) in [4.78, 5) is 0. The van der Waals surface area contributed by atoms with Crippen molar-refractivity contribution in [1.82, 2.24) is 0 Å². The van der Waals surface area contributed by atoms with Crippen molar-refractivity contribution < 1.29 is 18.8 Å². The Balaban J connectivity index is 2.09. The Labute approximate surface area is 122 Å². The first-order chi connectivity index (χ1) is 10.2. The number of aromatic hydroxyl groups is 1. The van der Waals surface area contributed by atoms with Gasteiger partial charge in [0.15, 0.2) is 0 Å². The van der Waals surface area contributed by atoms with Gasteiger partial charge in [0, 0.05) is 0 Å². The second kappa shape index (κ2) is 5.32. The molecule has 0 atom stereocenters. The molecule has 1 heterocycles. The van der Waals surface area contributed by atoms with Crippen molar-refractivity contribution in [3.8, 4) is 34.4 Å². The van der Waals surface area contributed by atoms with Crippen LogP contribution in [0, 0.1) is 0 Å². The minimum atomic E-state index is -0.0958. The molecule has 3 aromatic rings. The Morgan fingerprint density at radius 1 is 0.952 bits per heavy atom. The molecule has 0 bridgehead atoms. The van der Waals surface area contributed by atoms with Crippen LogP contribution in [0.5, 0.6) is 11.7 Å². The highest BCUT2D eigenvalue weighted by Gasteiger charge is 2.28. The van der Waals surface area contributed by atoms with Crippen molar-refractivity contribution in [2.24, 2.45) is 7.05 Å². The molecular weight excluding hydrogens is 266 g/mol. The van der Waals surface area contributed by atoms with E-state index in [4.69, 9.17) is 9.15 Å². The standard InChI is InChI=1S/C17H15NO3/c1-18-15(12-8-10-14(20-2)11-9-12)17(19)21-16(18)13-6-4-3-5-7-13/h3-11H,1-2H3/p+1. The van der Waals surface area contributed by atoms with Crippen LogP contribution < -0.4 is 9.30 Å². The van der Waals surface area contributed by atoms with Crippen molar-refractivity contribution >= 4 is 0 Å². The van der Waals surface area contributed by atoms with Crippen LogP contribution in [-0.4, -0.2) is 12.2 Å². The third kappa shape index (κ3) is 2.36. The third-order valence-corrected chi connectivity index (χ3v) is 3.42. The van der Waals surface area contributed by atoms with Gasteiger partial charge in [0.25, 0.3) is 5.69 Å². The number of rotatable bonds is 3. The summed E-state index contributed by atoms with van der Waals surface area (Å²) in [5.74, 6) is 1.29. The number of hydrogen-bond donors (Lipinski definition) is 1. The minimum Gasteiger partial charge on any atom is -0.497 e. The van der Waals surface area contributed by atoms with E-state index in [1.54, 1.807) is 7.11 Å². The molecule has 4 heteroatoms.